The summed E-state index contributed by atoms with van der Waals surface area (Å²) in [6, 6.07) is 6.50. The van der Waals surface area contributed by atoms with Crippen molar-refractivity contribution < 1.29 is 4.74 Å². The van der Waals surface area contributed by atoms with Gasteiger partial charge in [0, 0.05) is 0 Å². The smallest absolute Gasteiger partial charge is 0.123 e. The molecule has 0 fully saturated rings. The summed E-state index contributed by atoms with van der Waals surface area (Å²) in [6.45, 7) is 14.6. The van der Waals surface area contributed by atoms with Gasteiger partial charge in [-0.15, -0.1) is 0 Å². The molecule has 1 nitrogen and oxygen atoms in total. The predicted octanol–water partition coefficient (Wildman–Crippen LogP) is 4.72. The van der Waals surface area contributed by atoms with Crippen molar-refractivity contribution in [1.82, 2.24) is 0 Å². The van der Waals surface area contributed by atoms with E-state index >= 15 is 0 Å². The third-order valence-electron chi connectivity index (χ3n) is 2.61. The van der Waals surface area contributed by atoms with Crippen LogP contribution in [-0.2, 0) is 6.42 Å². The molecule has 0 heterocycles. The Morgan fingerprint density at radius 2 is 1.88 bits per heavy atom. The van der Waals surface area contributed by atoms with Crippen LogP contribution in [0.1, 0.15) is 51.7 Å². The summed E-state index contributed by atoms with van der Waals surface area (Å²) in [6.07, 6.45) is 1.10. The van der Waals surface area contributed by atoms with Crippen LogP contribution < -0.4 is 4.74 Å². The van der Waals surface area contributed by atoms with Crippen molar-refractivity contribution in [3.63, 3.8) is 0 Å². The summed E-state index contributed by atoms with van der Waals surface area (Å²) >= 11 is 0. The lowest BCUT2D eigenvalue weighted by atomic mass is 9.97. The molecule has 0 aliphatic carbocycles. The molecule has 0 atom stereocenters. The zero-order chi connectivity index (χ0) is 13.0. The Kier molecular flexibility index (Phi) is 4.80. The number of benzene rings is 1. The molecule has 1 aromatic carbocycles. The second-order valence-corrected chi connectivity index (χ2v) is 5.32. The zero-order valence-corrected chi connectivity index (χ0v) is 11.7. The quantitative estimate of drug-likeness (QED) is 0.668. The third kappa shape index (κ3) is 4.26. The van der Waals surface area contributed by atoms with Crippen molar-refractivity contribution in [2.45, 2.75) is 53.1 Å². The van der Waals surface area contributed by atoms with E-state index in [2.05, 4.69) is 59.4 Å². The van der Waals surface area contributed by atoms with Gasteiger partial charge in [-0.2, -0.15) is 0 Å². The fraction of sp³-hybridized carbons (Fsp3) is 0.500. The van der Waals surface area contributed by atoms with E-state index in [-0.39, 0.29) is 6.10 Å². The van der Waals surface area contributed by atoms with Crippen molar-refractivity contribution in [1.29, 1.82) is 0 Å². The van der Waals surface area contributed by atoms with Gasteiger partial charge in [0.15, 0.2) is 0 Å². The summed E-state index contributed by atoms with van der Waals surface area (Å²) in [5, 5.41) is 0. The first kappa shape index (κ1) is 13.8. The number of allylic oxidation sites excluding steroid dienone is 1. The Balaban J connectivity index is 3.07. The first-order valence-electron chi connectivity index (χ1n) is 6.34. The Bertz CT molecular complexity index is 389. The largest absolute Gasteiger partial charge is 0.491 e. The summed E-state index contributed by atoms with van der Waals surface area (Å²) in [5.41, 5.74) is 3.77. The van der Waals surface area contributed by atoms with E-state index in [1.54, 1.807) is 0 Å². The van der Waals surface area contributed by atoms with E-state index in [9.17, 15) is 0 Å². The first-order chi connectivity index (χ1) is 7.90. The van der Waals surface area contributed by atoms with Crippen molar-refractivity contribution in [2.75, 3.05) is 0 Å². The average molecular weight is 232 g/mol. The molecule has 0 N–H and O–H groups in total. The van der Waals surface area contributed by atoms with Gasteiger partial charge >= 0.3 is 0 Å². The molecule has 0 bridgehead atoms. The molecule has 0 saturated carbocycles. The summed E-state index contributed by atoms with van der Waals surface area (Å²) in [7, 11) is 0. The average Bonchev–Trinajstić information content (AvgIpc) is 2.18. The van der Waals surface area contributed by atoms with E-state index in [1.165, 1.54) is 16.7 Å². The van der Waals surface area contributed by atoms with Crippen LogP contribution in [0.15, 0.2) is 30.4 Å². The molecule has 1 rings (SSSR count). The molecule has 17 heavy (non-hydrogen) atoms. The fourth-order valence-electron chi connectivity index (χ4n) is 1.79. The van der Waals surface area contributed by atoms with Crippen LogP contribution in [0.25, 0.3) is 0 Å². The van der Waals surface area contributed by atoms with Gasteiger partial charge in [0.05, 0.1) is 6.10 Å². The molecule has 0 spiro atoms. The molecule has 0 amide bonds. The minimum atomic E-state index is 0.212. The molecule has 0 radical (unpaired) electrons. The van der Waals surface area contributed by atoms with Crippen LogP contribution in [0.2, 0.25) is 0 Å². The molecule has 0 aliphatic rings. The van der Waals surface area contributed by atoms with E-state index < -0.39 is 0 Å². The van der Waals surface area contributed by atoms with Gasteiger partial charge in [0.2, 0.25) is 0 Å². The standard InChI is InChI=1S/C16H24O/c1-11(2)9-15-10-14(12(3)4)7-8-16(15)17-13(5)6/h7-8,10,12-13H,1,9H2,2-6H3. The molecule has 0 saturated heterocycles. The second-order valence-electron chi connectivity index (χ2n) is 5.32. The lowest BCUT2D eigenvalue weighted by molar-refractivity contribution is 0.240. The van der Waals surface area contributed by atoms with Gasteiger partial charge in [-0.3, -0.25) is 0 Å². The Morgan fingerprint density at radius 1 is 1.24 bits per heavy atom. The minimum absolute atomic E-state index is 0.212. The van der Waals surface area contributed by atoms with E-state index in [0.29, 0.717) is 5.92 Å². The lowest BCUT2D eigenvalue weighted by Gasteiger charge is -2.16. The molecule has 0 aromatic heterocycles. The SMILES string of the molecule is C=C(C)Cc1cc(C(C)C)ccc1OC(C)C. The van der Waals surface area contributed by atoms with E-state index in [0.717, 1.165) is 12.2 Å². The normalized spacial score (nSPS) is 11.0. The number of rotatable bonds is 5. The van der Waals surface area contributed by atoms with Crippen molar-refractivity contribution >= 4 is 0 Å². The minimum Gasteiger partial charge on any atom is -0.491 e. The van der Waals surface area contributed by atoms with Gasteiger partial charge in [0.25, 0.3) is 0 Å². The topological polar surface area (TPSA) is 9.23 Å². The van der Waals surface area contributed by atoms with Crippen LogP contribution in [0.5, 0.6) is 5.75 Å². The zero-order valence-electron chi connectivity index (χ0n) is 11.7. The van der Waals surface area contributed by atoms with Crippen LogP contribution in [0.4, 0.5) is 0 Å². The predicted molar refractivity (Wildman–Crippen MR) is 74.8 cm³/mol. The van der Waals surface area contributed by atoms with Crippen molar-refractivity contribution in [3.8, 4) is 5.75 Å². The highest BCUT2D eigenvalue weighted by atomic mass is 16.5. The molecular formula is C16H24O. The number of ether oxygens (including phenoxy) is 1. The number of hydrogen-bond acceptors (Lipinski definition) is 1. The number of hydrogen-bond donors (Lipinski definition) is 0. The maximum absolute atomic E-state index is 5.84. The summed E-state index contributed by atoms with van der Waals surface area (Å²) in [5.74, 6) is 1.54. The second kappa shape index (κ2) is 5.90. The lowest BCUT2D eigenvalue weighted by Crippen LogP contribution is -2.08. The van der Waals surface area contributed by atoms with Crippen molar-refractivity contribution in [2.24, 2.45) is 0 Å². The Morgan fingerprint density at radius 3 is 2.35 bits per heavy atom. The van der Waals surface area contributed by atoms with Crippen LogP contribution in [0.3, 0.4) is 0 Å². The Labute approximate surface area is 106 Å². The van der Waals surface area contributed by atoms with Crippen LogP contribution in [0, 0.1) is 0 Å². The molecular weight excluding hydrogens is 208 g/mol. The van der Waals surface area contributed by atoms with E-state index in [4.69, 9.17) is 4.74 Å². The molecule has 0 unspecified atom stereocenters. The maximum Gasteiger partial charge on any atom is 0.123 e. The van der Waals surface area contributed by atoms with Crippen molar-refractivity contribution in [3.05, 3.63) is 41.5 Å². The van der Waals surface area contributed by atoms with Gasteiger partial charge in [-0.25, -0.2) is 0 Å². The monoisotopic (exact) mass is 232 g/mol. The van der Waals surface area contributed by atoms with Gasteiger partial charge < -0.3 is 4.74 Å². The third-order valence-corrected chi connectivity index (χ3v) is 2.61. The highest BCUT2D eigenvalue weighted by Crippen LogP contribution is 2.27. The molecule has 1 aromatic rings. The summed E-state index contributed by atoms with van der Waals surface area (Å²) in [4.78, 5) is 0. The van der Waals surface area contributed by atoms with Gasteiger partial charge in [-0.05, 0) is 50.3 Å². The highest BCUT2D eigenvalue weighted by molar-refractivity contribution is 5.40. The Hall–Kier alpha value is -1.24. The van der Waals surface area contributed by atoms with E-state index in [1.807, 2.05) is 0 Å². The highest BCUT2D eigenvalue weighted by Gasteiger charge is 2.09. The summed E-state index contributed by atoms with van der Waals surface area (Å²) < 4.78 is 5.84. The first-order valence-corrected chi connectivity index (χ1v) is 6.34. The molecule has 94 valence electrons. The fourth-order valence-corrected chi connectivity index (χ4v) is 1.79. The van der Waals surface area contributed by atoms with Gasteiger partial charge in [0.1, 0.15) is 5.75 Å². The molecule has 0 aliphatic heterocycles. The molecule has 1 heteroatoms. The van der Waals surface area contributed by atoms with Crippen LogP contribution >= 0.6 is 0 Å². The van der Waals surface area contributed by atoms with Gasteiger partial charge in [-0.1, -0.05) is 38.1 Å². The maximum atomic E-state index is 5.84. The van der Waals surface area contributed by atoms with Crippen LogP contribution in [-0.4, -0.2) is 6.10 Å².